The minimum Gasteiger partial charge on any atom is -0.379 e. The molecule has 0 atom stereocenters. The Hall–Kier alpha value is -1.90. The molecule has 0 spiro atoms. The second-order valence-corrected chi connectivity index (χ2v) is 6.05. The van der Waals surface area contributed by atoms with Crippen LogP contribution in [0.5, 0.6) is 0 Å². The van der Waals surface area contributed by atoms with Gasteiger partial charge in [0.05, 0.1) is 0 Å². The lowest BCUT2D eigenvalue weighted by molar-refractivity contribution is -0.0451. The molecule has 0 radical (unpaired) electrons. The van der Waals surface area contributed by atoms with E-state index >= 15 is 0 Å². The summed E-state index contributed by atoms with van der Waals surface area (Å²) >= 11 is 0. The lowest BCUT2D eigenvalue weighted by Gasteiger charge is -2.48. The van der Waals surface area contributed by atoms with Gasteiger partial charge >= 0.3 is 0 Å². The third-order valence-electron chi connectivity index (χ3n) is 4.99. The zero-order valence-electron chi connectivity index (χ0n) is 12.8. The molecule has 0 aliphatic carbocycles. The maximum atomic E-state index is 11.9. The quantitative estimate of drug-likeness (QED) is 0.846. The average Bonchev–Trinajstić information content (AvgIpc) is 2.63. The average molecular weight is 293 g/mol. The second-order valence-electron chi connectivity index (χ2n) is 6.05. The van der Waals surface area contributed by atoms with Crippen molar-refractivity contribution in [2.24, 2.45) is 5.41 Å². The van der Waals surface area contributed by atoms with Gasteiger partial charge in [0, 0.05) is 5.41 Å². The van der Waals surface area contributed by atoms with E-state index in [0.29, 0.717) is 0 Å². The van der Waals surface area contributed by atoms with Crippen molar-refractivity contribution in [2.45, 2.75) is 18.4 Å². The third kappa shape index (κ3) is 2.29. The molecule has 0 unspecified atom stereocenters. The summed E-state index contributed by atoms with van der Waals surface area (Å²) in [6, 6.07) is 20.0. The van der Waals surface area contributed by atoms with Gasteiger partial charge in [-0.25, -0.2) is 0 Å². The van der Waals surface area contributed by atoms with Gasteiger partial charge in [0.15, 0.2) is 0 Å². The molecule has 1 aliphatic rings. The van der Waals surface area contributed by atoms with Gasteiger partial charge in [-0.3, -0.25) is 0 Å². The van der Waals surface area contributed by atoms with Crippen LogP contribution in [-0.2, 0) is 5.60 Å². The maximum Gasteiger partial charge on any atom is 0.124 e. The Morgan fingerprint density at radius 3 is 1.77 bits per heavy atom. The number of rotatable bonds is 4. The molecule has 2 N–H and O–H groups in total. The van der Waals surface area contributed by atoms with Crippen molar-refractivity contribution in [1.29, 1.82) is 0 Å². The Bertz CT molecular complexity index is 575. The molecule has 114 valence electrons. The predicted octanol–water partition coefficient (Wildman–Crippen LogP) is 3.48. The molecule has 22 heavy (non-hydrogen) atoms. The molecule has 0 saturated carbocycles. The molecule has 1 saturated heterocycles. The molecular formula is C20H23NO. The summed E-state index contributed by atoms with van der Waals surface area (Å²) in [7, 11) is 0. The molecular weight excluding hydrogens is 270 g/mol. The van der Waals surface area contributed by atoms with E-state index in [2.05, 4.69) is 11.9 Å². The molecule has 2 aromatic carbocycles. The highest BCUT2D eigenvalue weighted by molar-refractivity contribution is 5.41. The minimum atomic E-state index is -1.06. The van der Waals surface area contributed by atoms with Gasteiger partial charge in [-0.05, 0) is 37.1 Å². The van der Waals surface area contributed by atoms with Crippen molar-refractivity contribution in [3.63, 3.8) is 0 Å². The molecule has 3 rings (SSSR count). The van der Waals surface area contributed by atoms with Crippen LogP contribution >= 0.6 is 0 Å². The number of nitrogens with one attached hydrogen (secondary N) is 1. The highest BCUT2D eigenvalue weighted by Crippen LogP contribution is 2.51. The first-order valence-electron chi connectivity index (χ1n) is 7.91. The van der Waals surface area contributed by atoms with Gasteiger partial charge in [-0.2, -0.15) is 0 Å². The Morgan fingerprint density at radius 1 is 0.909 bits per heavy atom. The van der Waals surface area contributed by atoms with Gasteiger partial charge in [0.25, 0.3) is 0 Å². The summed E-state index contributed by atoms with van der Waals surface area (Å²) in [6.45, 7) is 5.88. The van der Waals surface area contributed by atoms with Crippen LogP contribution < -0.4 is 5.32 Å². The van der Waals surface area contributed by atoms with Crippen LogP contribution in [0.1, 0.15) is 24.0 Å². The summed E-state index contributed by atoms with van der Waals surface area (Å²) in [5.41, 5.74) is 0.450. The van der Waals surface area contributed by atoms with Crippen LogP contribution in [-0.4, -0.2) is 18.2 Å². The van der Waals surface area contributed by atoms with Crippen molar-refractivity contribution in [1.82, 2.24) is 5.32 Å². The minimum absolute atomic E-state index is 0.360. The SMILES string of the molecule is C=CC1(C(O)(c2ccccc2)c2ccccc2)CCNCC1. The van der Waals surface area contributed by atoms with Gasteiger partial charge in [-0.1, -0.05) is 66.7 Å². The molecule has 0 bridgehead atoms. The zero-order valence-corrected chi connectivity index (χ0v) is 12.8. The Balaban J connectivity index is 2.21. The fraction of sp³-hybridized carbons (Fsp3) is 0.300. The van der Waals surface area contributed by atoms with E-state index < -0.39 is 5.60 Å². The number of hydrogen-bond acceptors (Lipinski definition) is 2. The predicted molar refractivity (Wildman–Crippen MR) is 90.6 cm³/mol. The Morgan fingerprint density at radius 2 is 1.36 bits per heavy atom. The van der Waals surface area contributed by atoms with Crippen molar-refractivity contribution >= 4 is 0 Å². The van der Waals surface area contributed by atoms with Gasteiger partial charge in [0.1, 0.15) is 5.60 Å². The van der Waals surface area contributed by atoms with Crippen LogP contribution in [0.2, 0.25) is 0 Å². The number of hydrogen-bond donors (Lipinski definition) is 2. The maximum absolute atomic E-state index is 11.9. The first kappa shape index (κ1) is 15.0. The Kier molecular flexibility index (Phi) is 4.14. The van der Waals surface area contributed by atoms with Crippen LogP contribution in [0.4, 0.5) is 0 Å². The highest BCUT2D eigenvalue weighted by Gasteiger charge is 2.50. The molecule has 1 heterocycles. The van der Waals surface area contributed by atoms with E-state index in [1.165, 1.54) is 0 Å². The summed E-state index contributed by atoms with van der Waals surface area (Å²) < 4.78 is 0. The van der Waals surface area contributed by atoms with Gasteiger partial charge < -0.3 is 10.4 Å². The van der Waals surface area contributed by atoms with Crippen molar-refractivity contribution in [2.75, 3.05) is 13.1 Å². The molecule has 2 aromatic rings. The van der Waals surface area contributed by atoms with E-state index in [1.807, 2.05) is 66.7 Å². The molecule has 2 nitrogen and oxygen atoms in total. The molecule has 2 heteroatoms. The van der Waals surface area contributed by atoms with E-state index in [0.717, 1.165) is 37.1 Å². The summed E-state index contributed by atoms with van der Waals surface area (Å²) in [4.78, 5) is 0. The lowest BCUT2D eigenvalue weighted by atomic mass is 9.60. The lowest BCUT2D eigenvalue weighted by Crippen LogP contribution is -2.51. The number of aliphatic hydroxyl groups is 1. The zero-order chi connectivity index (χ0) is 15.5. The fourth-order valence-corrected chi connectivity index (χ4v) is 3.69. The summed E-state index contributed by atoms with van der Waals surface area (Å²) in [5.74, 6) is 0. The molecule has 1 fully saturated rings. The van der Waals surface area contributed by atoms with E-state index in [1.54, 1.807) is 0 Å². The van der Waals surface area contributed by atoms with Crippen LogP contribution in [0.25, 0.3) is 0 Å². The molecule has 0 aromatic heterocycles. The van der Waals surface area contributed by atoms with Crippen molar-refractivity contribution in [3.05, 3.63) is 84.4 Å². The number of piperidine rings is 1. The largest absolute Gasteiger partial charge is 0.379 e. The topological polar surface area (TPSA) is 32.3 Å². The van der Waals surface area contributed by atoms with Crippen LogP contribution in [0.3, 0.4) is 0 Å². The van der Waals surface area contributed by atoms with Gasteiger partial charge in [-0.15, -0.1) is 6.58 Å². The number of benzene rings is 2. The van der Waals surface area contributed by atoms with Crippen LogP contribution in [0, 0.1) is 5.41 Å². The second kappa shape index (κ2) is 6.07. The van der Waals surface area contributed by atoms with E-state index in [9.17, 15) is 5.11 Å². The summed E-state index contributed by atoms with van der Waals surface area (Å²) in [5, 5.41) is 15.3. The normalized spacial score (nSPS) is 17.9. The smallest absolute Gasteiger partial charge is 0.124 e. The molecule has 0 amide bonds. The van der Waals surface area contributed by atoms with Crippen molar-refractivity contribution in [3.8, 4) is 0 Å². The Labute approximate surface area is 132 Å². The fourth-order valence-electron chi connectivity index (χ4n) is 3.69. The van der Waals surface area contributed by atoms with Crippen LogP contribution in [0.15, 0.2) is 73.3 Å². The first-order valence-corrected chi connectivity index (χ1v) is 7.91. The summed E-state index contributed by atoms with van der Waals surface area (Å²) in [6.07, 6.45) is 3.71. The first-order chi connectivity index (χ1) is 10.7. The van der Waals surface area contributed by atoms with Crippen molar-refractivity contribution < 1.29 is 5.11 Å². The van der Waals surface area contributed by atoms with E-state index in [-0.39, 0.29) is 5.41 Å². The van der Waals surface area contributed by atoms with Gasteiger partial charge in [0.2, 0.25) is 0 Å². The monoisotopic (exact) mass is 293 g/mol. The standard InChI is InChI=1S/C20H23NO/c1-2-19(13-15-21-16-14-19)20(22,17-9-5-3-6-10-17)18-11-7-4-8-12-18/h2-12,21-22H,1,13-16H2. The highest BCUT2D eigenvalue weighted by atomic mass is 16.3. The third-order valence-corrected chi connectivity index (χ3v) is 4.99. The van der Waals surface area contributed by atoms with E-state index in [4.69, 9.17) is 0 Å². The molecule has 1 aliphatic heterocycles.